The first-order chi connectivity index (χ1) is 5.10. The van der Waals surface area contributed by atoms with E-state index >= 15 is 0 Å². The number of hydrogen-bond donors (Lipinski definition) is 3. The van der Waals surface area contributed by atoms with Gasteiger partial charge in [-0.15, -0.1) is 0 Å². The fourth-order valence-corrected chi connectivity index (χ4v) is 0.614. The van der Waals surface area contributed by atoms with Crippen molar-refractivity contribution in [3.05, 3.63) is 4.91 Å². The third-order valence-electron chi connectivity index (χ3n) is 0.328. The second kappa shape index (κ2) is 3.33. The lowest BCUT2D eigenvalue weighted by molar-refractivity contribution is -0.928. The summed E-state index contributed by atoms with van der Waals surface area (Å²) in [5.41, 5.74) is 0. The van der Waals surface area contributed by atoms with Gasteiger partial charge in [-0.25, -0.2) is 9.12 Å². The SMILES string of the molecule is O=[N+](OP(=O)(O)O)OS(=O)(=O)O. The van der Waals surface area contributed by atoms with Crippen molar-refractivity contribution in [1.82, 2.24) is 0 Å². The molecule has 12 heavy (non-hydrogen) atoms. The van der Waals surface area contributed by atoms with Gasteiger partial charge in [-0.1, -0.05) is 4.62 Å². The number of phosphoric acid groups is 1. The Labute approximate surface area is 65.4 Å². The molecule has 0 heterocycles. The molecule has 0 saturated heterocycles. The maximum atomic E-state index is 9.92. The normalized spacial score (nSPS) is 12.2. The molecule has 3 N–H and O–H groups in total. The van der Waals surface area contributed by atoms with Gasteiger partial charge in [0.15, 0.2) is 0 Å². The van der Waals surface area contributed by atoms with Crippen LogP contribution in [0.3, 0.4) is 0 Å². The molecule has 72 valence electrons. The van der Waals surface area contributed by atoms with E-state index in [0.29, 0.717) is 0 Å². The minimum atomic E-state index is -5.20. The lowest BCUT2D eigenvalue weighted by Gasteiger charge is -1.90. The summed E-state index contributed by atoms with van der Waals surface area (Å²) in [7, 11) is -10.3. The monoisotopic (exact) mass is 224 g/mol. The van der Waals surface area contributed by atoms with E-state index in [0.717, 1.165) is 0 Å². The molecule has 0 amide bonds. The highest BCUT2D eigenvalue weighted by Crippen LogP contribution is 2.35. The van der Waals surface area contributed by atoms with E-state index in [-0.39, 0.29) is 0 Å². The van der Waals surface area contributed by atoms with Gasteiger partial charge in [-0.3, -0.25) is 9.79 Å². The van der Waals surface area contributed by atoms with Crippen LogP contribution in [0.1, 0.15) is 0 Å². The van der Waals surface area contributed by atoms with E-state index in [1.807, 2.05) is 0 Å². The zero-order valence-electron chi connectivity index (χ0n) is 5.09. The van der Waals surface area contributed by atoms with Crippen LogP contribution >= 0.6 is 7.82 Å². The summed E-state index contributed by atoms with van der Waals surface area (Å²) in [6.45, 7) is 0. The Morgan fingerprint density at radius 2 is 1.75 bits per heavy atom. The smallest absolute Gasteiger partial charge is 0.289 e. The van der Waals surface area contributed by atoms with Crippen molar-refractivity contribution >= 4 is 18.2 Å². The van der Waals surface area contributed by atoms with Gasteiger partial charge in [0.2, 0.25) is 0 Å². The average molecular weight is 224 g/mol. The third kappa shape index (κ3) is 7.37. The Morgan fingerprint density at radius 3 is 2.00 bits per heavy atom. The lowest BCUT2D eigenvalue weighted by Crippen LogP contribution is -2.14. The Balaban J connectivity index is 4.20. The van der Waals surface area contributed by atoms with Gasteiger partial charge in [-0.05, 0) is 4.28 Å². The molecule has 0 rings (SSSR count). The highest BCUT2D eigenvalue weighted by Gasteiger charge is 2.34. The molecule has 0 unspecified atom stereocenters. The van der Waals surface area contributed by atoms with Gasteiger partial charge in [0.05, 0.1) is 0 Å². The summed E-state index contributed by atoms with van der Waals surface area (Å²) in [6.07, 6.45) is 0. The van der Waals surface area contributed by atoms with E-state index in [9.17, 15) is 17.9 Å². The van der Waals surface area contributed by atoms with Gasteiger partial charge < -0.3 is 0 Å². The van der Waals surface area contributed by atoms with Crippen LogP contribution in [-0.4, -0.2) is 27.8 Å². The van der Waals surface area contributed by atoms with Crippen LogP contribution in [0.4, 0.5) is 0 Å². The summed E-state index contributed by atoms with van der Waals surface area (Å²) in [4.78, 5) is 25.7. The molecule has 0 spiro atoms. The summed E-state index contributed by atoms with van der Waals surface area (Å²) in [5.74, 6) is 0. The quantitative estimate of drug-likeness (QED) is 0.295. The molecule has 0 bridgehead atoms. The van der Waals surface area contributed by atoms with Crippen molar-refractivity contribution in [3.63, 3.8) is 0 Å². The van der Waals surface area contributed by atoms with Crippen molar-refractivity contribution in [3.8, 4) is 0 Å². The first-order valence-corrected chi connectivity index (χ1v) is 4.89. The second-order valence-electron chi connectivity index (χ2n) is 1.30. The summed E-state index contributed by atoms with van der Waals surface area (Å²) in [5, 5.41) is -1.43. The standard InChI is InChI=1S/H2NO9PS/c2-1(9-11(3,4)5)10-12(6,7)8/h(H2-,3,4,5,6,7,8)/p+1. The van der Waals surface area contributed by atoms with Crippen LogP contribution in [0.15, 0.2) is 0 Å². The van der Waals surface area contributed by atoms with Gasteiger partial charge in [0.25, 0.3) is 0 Å². The lowest BCUT2D eigenvalue weighted by atomic mass is 13.1. The maximum absolute atomic E-state index is 9.92. The molecule has 0 aromatic carbocycles. The van der Waals surface area contributed by atoms with Crippen LogP contribution in [0.5, 0.6) is 0 Å². The molecule has 0 saturated carbocycles. The molecule has 0 aromatic rings. The zero-order valence-corrected chi connectivity index (χ0v) is 6.80. The fraction of sp³-hybridized carbons (Fsp3) is 0. The van der Waals surface area contributed by atoms with Gasteiger partial charge in [0, 0.05) is 0 Å². The van der Waals surface area contributed by atoms with E-state index in [1.54, 1.807) is 0 Å². The van der Waals surface area contributed by atoms with E-state index < -0.39 is 23.3 Å². The van der Waals surface area contributed by atoms with Crippen LogP contribution in [-0.2, 0) is 23.9 Å². The van der Waals surface area contributed by atoms with Crippen molar-refractivity contribution in [1.29, 1.82) is 0 Å². The minimum Gasteiger partial charge on any atom is -0.289 e. The van der Waals surface area contributed by atoms with Crippen LogP contribution < -0.4 is 0 Å². The molecule has 0 aliphatic carbocycles. The number of hydrogen-bond acceptors (Lipinski definition) is 6. The first kappa shape index (κ1) is 11.3. The molecule has 0 aliphatic rings. The maximum Gasteiger partial charge on any atom is 0.592 e. The Bertz CT molecular complexity index is 305. The van der Waals surface area contributed by atoms with Gasteiger partial charge in [0.1, 0.15) is 4.91 Å². The molecule has 0 atom stereocenters. The molecule has 10 nitrogen and oxygen atoms in total. The molecule has 0 aliphatic heterocycles. The van der Waals surface area contributed by atoms with Crippen LogP contribution in [0, 0.1) is 4.91 Å². The minimum absolute atomic E-state index is 1.43. The predicted molar refractivity (Wildman–Crippen MR) is 29.4 cm³/mol. The molecular formula is H3NO9PS+. The highest BCUT2D eigenvalue weighted by atomic mass is 32.3. The zero-order chi connectivity index (χ0) is 9.99. The third-order valence-corrected chi connectivity index (χ3v) is 0.984. The molecule has 0 aromatic heterocycles. The Kier molecular flexibility index (Phi) is 3.12. The second-order valence-corrected chi connectivity index (χ2v) is 3.45. The van der Waals surface area contributed by atoms with Crippen molar-refractivity contribution in [2.45, 2.75) is 0 Å². The first-order valence-electron chi connectivity index (χ1n) is 2.00. The Morgan fingerprint density at radius 1 is 1.33 bits per heavy atom. The summed E-state index contributed by atoms with van der Waals surface area (Å²) in [6, 6.07) is 0. The number of nitrogens with zero attached hydrogens (tertiary/aromatic N) is 1. The van der Waals surface area contributed by atoms with Gasteiger partial charge in [-0.2, -0.15) is 8.42 Å². The molecule has 0 radical (unpaired) electrons. The van der Waals surface area contributed by atoms with Gasteiger partial charge >= 0.3 is 23.3 Å². The topological polar surface area (TPSA) is 150 Å². The summed E-state index contributed by atoms with van der Waals surface area (Å²) < 4.78 is 42.8. The molecular weight excluding hydrogens is 221 g/mol. The van der Waals surface area contributed by atoms with Crippen LogP contribution in [0.25, 0.3) is 0 Å². The van der Waals surface area contributed by atoms with Crippen molar-refractivity contribution in [2.24, 2.45) is 0 Å². The summed E-state index contributed by atoms with van der Waals surface area (Å²) >= 11 is 0. The molecule has 0 fully saturated rings. The predicted octanol–water partition coefficient (Wildman–Crippen LogP) is -1.48. The van der Waals surface area contributed by atoms with Crippen LogP contribution in [0.2, 0.25) is 0 Å². The fourth-order valence-electron chi connectivity index (χ4n) is 0.177. The largest absolute Gasteiger partial charge is 0.592 e. The Hall–Kier alpha value is -0.740. The van der Waals surface area contributed by atoms with Crippen molar-refractivity contribution in [2.75, 3.05) is 0 Å². The number of rotatable bonds is 4. The van der Waals surface area contributed by atoms with E-state index in [1.165, 1.54) is 0 Å². The average Bonchev–Trinajstić information content (AvgIpc) is 1.49. The van der Waals surface area contributed by atoms with E-state index in [2.05, 4.69) is 8.91 Å². The van der Waals surface area contributed by atoms with Crippen molar-refractivity contribution < 1.29 is 41.3 Å². The molecule has 12 heteroatoms. The highest BCUT2D eigenvalue weighted by molar-refractivity contribution is 7.80. The van der Waals surface area contributed by atoms with E-state index in [4.69, 9.17) is 14.3 Å².